The van der Waals surface area contributed by atoms with E-state index in [0.717, 1.165) is 48.3 Å². The standard InChI is InChI=1S/C23H23N3O2/c1-16-6-5-7-18(14-16)28-17-10-12-26(13-11-17)22-19-8-3-4-9-21(19)25(2)23(27)20(22)15-24/h3-9,14,17H,10-13H2,1-2H3. The fraction of sp³-hybridized carbons (Fsp3) is 0.304. The van der Waals surface area contributed by atoms with Crippen LogP contribution in [0.3, 0.4) is 0 Å². The van der Waals surface area contributed by atoms with Gasteiger partial charge in [0.1, 0.15) is 23.5 Å². The van der Waals surface area contributed by atoms with Gasteiger partial charge in [-0.05, 0) is 30.7 Å². The zero-order valence-corrected chi connectivity index (χ0v) is 16.2. The maximum atomic E-state index is 12.7. The summed E-state index contributed by atoms with van der Waals surface area (Å²) in [4.78, 5) is 14.9. The molecule has 0 atom stereocenters. The Balaban J connectivity index is 1.61. The topological polar surface area (TPSA) is 58.3 Å². The molecule has 142 valence electrons. The number of fused-ring (bicyclic) bond motifs is 1. The van der Waals surface area contributed by atoms with Gasteiger partial charge in [0.2, 0.25) is 0 Å². The lowest BCUT2D eigenvalue weighted by Crippen LogP contribution is -2.40. The first-order chi connectivity index (χ1) is 13.6. The number of nitrogens with zero attached hydrogens (tertiary/aromatic N) is 3. The van der Waals surface area contributed by atoms with Crippen LogP contribution in [0.2, 0.25) is 0 Å². The molecule has 0 spiro atoms. The number of para-hydroxylation sites is 1. The smallest absolute Gasteiger partial charge is 0.270 e. The molecule has 0 unspecified atom stereocenters. The molecule has 0 N–H and O–H groups in total. The molecule has 0 aliphatic carbocycles. The lowest BCUT2D eigenvalue weighted by atomic mass is 10.0. The van der Waals surface area contributed by atoms with Crippen LogP contribution in [0.4, 0.5) is 5.69 Å². The minimum atomic E-state index is -0.241. The van der Waals surface area contributed by atoms with E-state index in [2.05, 4.69) is 30.0 Å². The fourth-order valence-electron chi connectivity index (χ4n) is 3.99. The van der Waals surface area contributed by atoms with E-state index in [0.29, 0.717) is 0 Å². The third kappa shape index (κ3) is 3.22. The van der Waals surface area contributed by atoms with Crippen LogP contribution in [0.5, 0.6) is 5.75 Å². The van der Waals surface area contributed by atoms with Crippen molar-refractivity contribution in [1.29, 1.82) is 5.26 Å². The quantitative estimate of drug-likeness (QED) is 0.701. The third-order valence-corrected chi connectivity index (χ3v) is 5.44. The average molecular weight is 373 g/mol. The number of benzene rings is 2. The Hall–Kier alpha value is -3.26. The van der Waals surface area contributed by atoms with Gasteiger partial charge in [-0.15, -0.1) is 0 Å². The van der Waals surface area contributed by atoms with Gasteiger partial charge in [-0.1, -0.05) is 30.3 Å². The Kier molecular flexibility index (Phi) is 4.79. The maximum absolute atomic E-state index is 12.7. The van der Waals surface area contributed by atoms with E-state index in [9.17, 15) is 10.1 Å². The van der Waals surface area contributed by atoms with Crippen LogP contribution in [0.25, 0.3) is 10.9 Å². The molecular weight excluding hydrogens is 350 g/mol. The summed E-state index contributed by atoms with van der Waals surface area (Å²) >= 11 is 0. The van der Waals surface area contributed by atoms with E-state index in [1.54, 1.807) is 11.6 Å². The average Bonchev–Trinajstić information content (AvgIpc) is 2.71. The molecule has 0 bridgehead atoms. The minimum Gasteiger partial charge on any atom is -0.490 e. The van der Waals surface area contributed by atoms with Crippen LogP contribution < -0.4 is 15.2 Å². The van der Waals surface area contributed by atoms with E-state index in [1.807, 2.05) is 36.4 Å². The second-order valence-electron chi connectivity index (χ2n) is 7.34. The Morgan fingerprint density at radius 1 is 1.11 bits per heavy atom. The molecule has 1 fully saturated rings. The van der Waals surface area contributed by atoms with Gasteiger partial charge in [0.25, 0.3) is 5.56 Å². The predicted molar refractivity (Wildman–Crippen MR) is 111 cm³/mol. The summed E-state index contributed by atoms with van der Waals surface area (Å²) in [5.74, 6) is 0.898. The van der Waals surface area contributed by atoms with Crippen LogP contribution in [0.15, 0.2) is 53.3 Å². The van der Waals surface area contributed by atoms with Crippen LogP contribution in [-0.2, 0) is 7.05 Å². The number of pyridine rings is 1. The van der Waals surface area contributed by atoms with Crippen molar-refractivity contribution >= 4 is 16.6 Å². The molecule has 3 aromatic rings. The van der Waals surface area contributed by atoms with Crippen molar-refractivity contribution < 1.29 is 4.74 Å². The number of aryl methyl sites for hydroxylation is 2. The first-order valence-corrected chi connectivity index (χ1v) is 9.58. The van der Waals surface area contributed by atoms with Gasteiger partial charge in [0, 0.05) is 38.4 Å². The molecule has 4 rings (SSSR count). The molecule has 5 heteroatoms. The van der Waals surface area contributed by atoms with Crippen molar-refractivity contribution in [2.45, 2.75) is 25.9 Å². The molecule has 28 heavy (non-hydrogen) atoms. The van der Waals surface area contributed by atoms with Crippen LogP contribution in [-0.4, -0.2) is 23.8 Å². The summed E-state index contributed by atoms with van der Waals surface area (Å²) in [6.45, 7) is 3.56. The third-order valence-electron chi connectivity index (χ3n) is 5.44. The zero-order valence-electron chi connectivity index (χ0n) is 16.2. The highest BCUT2D eigenvalue weighted by Gasteiger charge is 2.26. The molecule has 0 saturated carbocycles. The van der Waals surface area contributed by atoms with E-state index in [4.69, 9.17) is 4.74 Å². The molecule has 1 saturated heterocycles. The number of piperidine rings is 1. The van der Waals surface area contributed by atoms with Crippen molar-refractivity contribution in [1.82, 2.24) is 4.57 Å². The molecule has 0 radical (unpaired) electrons. The largest absolute Gasteiger partial charge is 0.490 e. The summed E-state index contributed by atoms with van der Waals surface area (Å²) in [6, 6.07) is 18.0. The van der Waals surface area contributed by atoms with E-state index >= 15 is 0 Å². The summed E-state index contributed by atoms with van der Waals surface area (Å²) in [5.41, 5.74) is 2.77. The number of rotatable bonds is 3. The summed E-state index contributed by atoms with van der Waals surface area (Å²) < 4.78 is 7.71. The second-order valence-corrected chi connectivity index (χ2v) is 7.34. The first kappa shape index (κ1) is 18.1. The Morgan fingerprint density at radius 2 is 1.86 bits per heavy atom. The highest BCUT2D eigenvalue weighted by molar-refractivity contribution is 5.94. The van der Waals surface area contributed by atoms with Gasteiger partial charge in [-0.3, -0.25) is 4.79 Å². The van der Waals surface area contributed by atoms with Crippen LogP contribution >= 0.6 is 0 Å². The highest BCUT2D eigenvalue weighted by atomic mass is 16.5. The van der Waals surface area contributed by atoms with E-state index in [1.165, 1.54) is 5.56 Å². The Morgan fingerprint density at radius 3 is 2.57 bits per heavy atom. The molecule has 1 aliphatic rings. The van der Waals surface area contributed by atoms with Gasteiger partial charge in [-0.25, -0.2) is 0 Å². The second kappa shape index (κ2) is 7.40. The Bertz CT molecular complexity index is 1120. The first-order valence-electron chi connectivity index (χ1n) is 9.58. The predicted octanol–water partition coefficient (Wildman–Crippen LogP) is 3.77. The normalized spacial score (nSPS) is 14.8. The van der Waals surface area contributed by atoms with Crippen molar-refractivity contribution in [3.8, 4) is 11.8 Å². The fourth-order valence-corrected chi connectivity index (χ4v) is 3.99. The molecule has 5 nitrogen and oxygen atoms in total. The lowest BCUT2D eigenvalue weighted by molar-refractivity contribution is 0.171. The van der Waals surface area contributed by atoms with Gasteiger partial charge in [0.15, 0.2) is 0 Å². The SMILES string of the molecule is Cc1cccc(OC2CCN(c3c(C#N)c(=O)n(C)c4ccccc34)CC2)c1. The monoisotopic (exact) mass is 373 g/mol. The van der Waals surface area contributed by atoms with Crippen LogP contribution in [0.1, 0.15) is 24.0 Å². The van der Waals surface area contributed by atoms with Gasteiger partial charge < -0.3 is 14.2 Å². The van der Waals surface area contributed by atoms with Crippen molar-refractivity contribution in [3.05, 3.63) is 70.0 Å². The van der Waals surface area contributed by atoms with Gasteiger partial charge in [0.05, 0.1) is 11.2 Å². The molecule has 1 aromatic heterocycles. The number of hydrogen-bond donors (Lipinski definition) is 0. The number of hydrogen-bond acceptors (Lipinski definition) is 4. The number of aromatic nitrogens is 1. The summed E-state index contributed by atoms with van der Waals surface area (Å²) in [7, 11) is 1.72. The molecule has 2 heterocycles. The molecule has 2 aromatic carbocycles. The number of nitriles is 1. The van der Waals surface area contributed by atoms with E-state index in [-0.39, 0.29) is 17.2 Å². The molecule has 1 aliphatic heterocycles. The summed E-state index contributed by atoms with van der Waals surface area (Å²) in [6.07, 6.45) is 1.84. The van der Waals surface area contributed by atoms with Gasteiger partial charge in [-0.2, -0.15) is 5.26 Å². The van der Waals surface area contributed by atoms with Crippen molar-refractivity contribution in [3.63, 3.8) is 0 Å². The van der Waals surface area contributed by atoms with Gasteiger partial charge >= 0.3 is 0 Å². The molecular formula is C23H23N3O2. The zero-order chi connectivity index (χ0) is 19.7. The molecule has 0 amide bonds. The van der Waals surface area contributed by atoms with Crippen LogP contribution in [0, 0.1) is 18.3 Å². The minimum absolute atomic E-state index is 0.140. The van der Waals surface area contributed by atoms with Crippen molar-refractivity contribution in [2.24, 2.45) is 7.05 Å². The lowest BCUT2D eigenvalue weighted by Gasteiger charge is -2.35. The van der Waals surface area contributed by atoms with Crippen molar-refractivity contribution in [2.75, 3.05) is 18.0 Å². The highest BCUT2D eigenvalue weighted by Crippen LogP contribution is 2.31. The summed E-state index contributed by atoms with van der Waals surface area (Å²) in [5, 5.41) is 10.6. The number of anilines is 1. The number of ether oxygens (including phenoxy) is 1. The maximum Gasteiger partial charge on any atom is 0.270 e. The Labute approximate surface area is 164 Å². The van der Waals surface area contributed by atoms with E-state index < -0.39 is 0 Å².